The summed E-state index contributed by atoms with van der Waals surface area (Å²) < 4.78 is 5.28. The van der Waals surface area contributed by atoms with Crippen LogP contribution in [0, 0.1) is 5.41 Å². The van der Waals surface area contributed by atoms with E-state index >= 15 is 0 Å². The predicted molar refractivity (Wildman–Crippen MR) is 37.7 cm³/mol. The molecule has 2 heteroatoms. The first-order valence-corrected chi connectivity index (χ1v) is 3.92. The molecule has 1 saturated heterocycles. The third-order valence-corrected chi connectivity index (χ3v) is 2.52. The highest BCUT2D eigenvalue weighted by atomic mass is 16.6. The van der Waals surface area contributed by atoms with Crippen LogP contribution in [0.4, 0.5) is 0 Å². The lowest BCUT2D eigenvalue weighted by Crippen LogP contribution is -2.32. The number of fused-ring (bicyclic) bond motifs is 1. The Labute approximate surface area is 61.2 Å². The lowest BCUT2D eigenvalue weighted by molar-refractivity contribution is 0.0785. The van der Waals surface area contributed by atoms with E-state index in [0.717, 1.165) is 12.8 Å². The van der Waals surface area contributed by atoms with E-state index in [1.54, 1.807) is 0 Å². The second-order valence-corrected chi connectivity index (χ2v) is 4.28. The third kappa shape index (κ3) is 0.956. The minimum absolute atomic E-state index is 0.188. The summed E-state index contributed by atoms with van der Waals surface area (Å²) in [5, 5.41) is 9.43. The zero-order valence-corrected chi connectivity index (χ0v) is 6.50. The summed E-state index contributed by atoms with van der Waals surface area (Å²) in [6, 6.07) is 0. The average molecular weight is 142 g/mol. The smallest absolute Gasteiger partial charge is 0.110 e. The summed E-state index contributed by atoms with van der Waals surface area (Å²) in [5.41, 5.74) is 0.289. The Morgan fingerprint density at radius 1 is 1.40 bits per heavy atom. The summed E-state index contributed by atoms with van der Waals surface area (Å²) in [5.74, 6) is 0. The summed E-state index contributed by atoms with van der Waals surface area (Å²) in [7, 11) is 0. The molecule has 0 radical (unpaired) electrons. The van der Waals surface area contributed by atoms with Crippen molar-refractivity contribution in [3.8, 4) is 0 Å². The molecule has 0 aromatic rings. The summed E-state index contributed by atoms with van der Waals surface area (Å²) in [6.45, 7) is 4.38. The van der Waals surface area contributed by atoms with Gasteiger partial charge in [-0.05, 0) is 18.3 Å². The van der Waals surface area contributed by atoms with Gasteiger partial charge in [-0.15, -0.1) is 0 Å². The van der Waals surface area contributed by atoms with E-state index in [0.29, 0.717) is 6.10 Å². The SMILES string of the molecule is CC1(C)C[C@@H](O)[C@H]2O[C@@H]2C1. The van der Waals surface area contributed by atoms with Crippen LogP contribution in [0.25, 0.3) is 0 Å². The molecule has 1 aliphatic carbocycles. The Morgan fingerprint density at radius 2 is 2.10 bits per heavy atom. The van der Waals surface area contributed by atoms with E-state index in [1.807, 2.05) is 0 Å². The van der Waals surface area contributed by atoms with Crippen molar-refractivity contribution in [1.82, 2.24) is 0 Å². The second-order valence-electron chi connectivity index (χ2n) is 4.28. The van der Waals surface area contributed by atoms with Crippen LogP contribution in [0.1, 0.15) is 26.7 Å². The van der Waals surface area contributed by atoms with Gasteiger partial charge in [0.25, 0.3) is 0 Å². The molecule has 0 aromatic heterocycles. The molecule has 3 atom stereocenters. The van der Waals surface area contributed by atoms with Crippen molar-refractivity contribution in [2.24, 2.45) is 5.41 Å². The molecule has 0 bridgehead atoms. The van der Waals surface area contributed by atoms with Crippen LogP contribution in [-0.2, 0) is 4.74 Å². The predicted octanol–water partition coefficient (Wildman–Crippen LogP) is 0.935. The van der Waals surface area contributed by atoms with Gasteiger partial charge in [0.2, 0.25) is 0 Å². The van der Waals surface area contributed by atoms with Gasteiger partial charge >= 0.3 is 0 Å². The molecule has 1 N–H and O–H groups in total. The zero-order valence-electron chi connectivity index (χ0n) is 6.50. The Kier molecular flexibility index (Phi) is 1.15. The molecule has 0 amide bonds. The third-order valence-electron chi connectivity index (χ3n) is 2.52. The van der Waals surface area contributed by atoms with Crippen molar-refractivity contribution in [3.05, 3.63) is 0 Å². The summed E-state index contributed by atoms with van der Waals surface area (Å²) in [4.78, 5) is 0. The van der Waals surface area contributed by atoms with Crippen LogP contribution in [0.2, 0.25) is 0 Å². The van der Waals surface area contributed by atoms with E-state index in [1.165, 1.54) is 0 Å². The van der Waals surface area contributed by atoms with Crippen molar-refractivity contribution in [2.45, 2.75) is 45.0 Å². The van der Waals surface area contributed by atoms with Gasteiger partial charge in [0.05, 0.1) is 12.2 Å². The van der Waals surface area contributed by atoms with Crippen molar-refractivity contribution < 1.29 is 9.84 Å². The van der Waals surface area contributed by atoms with Crippen molar-refractivity contribution in [1.29, 1.82) is 0 Å². The minimum Gasteiger partial charge on any atom is -0.390 e. The maximum absolute atomic E-state index is 9.43. The Hall–Kier alpha value is -0.0800. The first-order chi connectivity index (χ1) is 4.58. The largest absolute Gasteiger partial charge is 0.390 e. The molecule has 2 nitrogen and oxygen atoms in total. The molecular formula is C8H14O2. The molecule has 1 heterocycles. The average Bonchev–Trinajstić information content (AvgIpc) is 2.40. The molecule has 2 fully saturated rings. The van der Waals surface area contributed by atoms with Crippen molar-refractivity contribution in [2.75, 3.05) is 0 Å². The Bertz CT molecular complexity index is 153. The molecule has 10 heavy (non-hydrogen) atoms. The number of aliphatic hydroxyl groups is 1. The number of epoxide rings is 1. The number of aliphatic hydroxyl groups excluding tert-OH is 1. The van der Waals surface area contributed by atoms with E-state index in [-0.39, 0.29) is 17.6 Å². The fourth-order valence-corrected chi connectivity index (χ4v) is 1.97. The summed E-state index contributed by atoms with van der Waals surface area (Å²) in [6.07, 6.45) is 2.38. The highest BCUT2D eigenvalue weighted by molar-refractivity contribution is 5.00. The molecule has 58 valence electrons. The lowest BCUT2D eigenvalue weighted by atomic mass is 9.76. The van der Waals surface area contributed by atoms with E-state index in [9.17, 15) is 5.11 Å². The molecule has 1 aliphatic heterocycles. The quantitative estimate of drug-likeness (QED) is 0.510. The number of hydrogen-bond donors (Lipinski definition) is 1. The first kappa shape index (κ1) is 6.62. The van der Waals surface area contributed by atoms with Crippen LogP contribution in [0.5, 0.6) is 0 Å². The molecule has 2 rings (SSSR count). The maximum atomic E-state index is 9.43. The summed E-state index contributed by atoms with van der Waals surface area (Å²) >= 11 is 0. The lowest BCUT2D eigenvalue weighted by Gasteiger charge is -2.29. The van der Waals surface area contributed by atoms with Gasteiger partial charge in [-0.2, -0.15) is 0 Å². The van der Waals surface area contributed by atoms with Gasteiger partial charge in [-0.1, -0.05) is 13.8 Å². The fraction of sp³-hybridized carbons (Fsp3) is 1.00. The molecule has 0 unspecified atom stereocenters. The topological polar surface area (TPSA) is 32.8 Å². The highest BCUT2D eigenvalue weighted by Crippen LogP contribution is 2.45. The molecule has 1 saturated carbocycles. The van der Waals surface area contributed by atoms with E-state index < -0.39 is 0 Å². The van der Waals surface area contributed by atoms with Crippen LogP contribution in [0.3, 0.4) is 0 Å². The van der Waals surface area contributed by atoms with Crippen LogP contribution in [-0.4, -0.2) is 23.4 Å². The van der Waals surface area contributed by atoms with E-state index in [4.69, 9.17) is 4.74 Å². The first-order valence-electron chi connectivity index (χ1n) is 3.92. The second kappa shape index (κ2) is 1.74. The van der Waals surface area contributed by atoms with Crippen LogP contribution < -0.4 is 0 Å². The van der Waals surface area contributed by atoms with Crippen molar-refractivity contribution in [3.63, 3.8) is 0 Å². The van der Waals surface area contributed by atoms with Crippen molar-refractivity contribution >= 4 is 0 Å². The standard InChI is InChI=1S/C8H14O2/c1-8(2)3-5(9)7-6(4-8)10-7/h5-7,9H,3-4H2,1-2H3/t5-,6-,7-/m1/s1. The fourth-order valence-electron chi connectivity index (χ4n) is 1.97. The zero-order chi connectivity index (χ0) is 7.35. The van der Waals surface area contributed by atoms with Gasteiger partial charge in [-0.3, -0.25) is 0 Å². The monoisotopic (exact) mass is 142 g/mol. The maximum Gasteiger partial charge on any atom is 0.110 e. The molecular weight excluding hydrogens is 128 g/mol. The van der Waals surface area contributed by atoms with Gasteiger partial charge in [-0.25, -0.2) is 0 Å². The molecule has 2 aliphatic rings. The normalized spacial score (nSPS) is 50.1. The van der Waals surface area contributed by atoms with E-state index in [2.05, 4.69) is 13.8 Å². The van der Waals surface area contributed by atoms with Gasteiger partial charge in [0, 0.05) is 0 Å². The Balaban J connectivity index is 2.06. The number of rotatable bonds is 0. The molecule has 0 spiro atoms. The van der Waals surface area contributed by atoms with Crippen LogP contribution >= 0.6 is 0 Å². The highest BCUT2D eigenvalue weighted by Gasteiger charge is 2.52. The molecule has 0 aromatic carbocycles. The van der Waals surface area contributed by atoms with Gasteiger partial charge in [0.1, 0.15) is 6.10 Å². The number of ether oxygens (including phenoxy) is 1. The Morgan fingerprint density at radius 3 is 2.70 bits per heavy atom. The minimum atomic E-state index is -0.200. The van der Waals surface area contributed by atoms with Crippen LogP contribution in [0.15, 0.2) is 0 Å². The number of hydrogen-bond acceptors (Lipinski definition) is 2. The van der Waals surface area contributed by atoms with Gasteiger partial charge in [0.15, 0.2) is 0 Å². The van der Waals surface area contributed by atoms with Gasteiger partial charge < -0.3 is 9.84 Å².